The fraction of sp³-hybridized carbons (Fsp3) is 0.145. The zero-order chi connectivity index (χ0) is 45.9. The lowest BCUT2D eigenvalue weighted by molar-refractivity contribution is 0.589. The van der Waals surface area contributed by atoms with Gasteiger partial charge in [0.25, 0.3) is 0 Å². The van der Waals surface area contributed by atoms with E-state index in [1.165, 1.54) is 50.4 Å². The zero-order valence-electron chi connectivity index (χ0n) is 39.2. The molecule has 0 N–H and O–H groups in total. The van der Waals surface area contributed by atoms with E-state index in [0.717, 1.165) is 51.1 Å². The van der Waals surface area contributed by atoms with E-state index in [9.17, 15) is 0 Å². The third-order valence-corrected chi connectivity index (χ3v) is 13.3. The van der Waals surface area contributed by atoms with Crippen LogP contribution in [0.15, 0.2) is 212 Å². The van der Waals surface area contributed by atoms with Gasteiger partial charge in [-0.05, 0) is 129 Å². The number of benzene rings is 8. The maximum Gasteiger partial charge on any atom is 0.137 e. The molecule has 328 valence electrons. The van der Waals surface area contributed by atoms with E-state index < -0.39 is 0 Å². The summed E-state index contributed by atoms with van der Waals surface area (Å²) >= 11 is 0. The van der Waals surface area contributed by atoms with Crippen molar-refractivity contribution < 1.29 is 0 Å². The van der Waals surface area contributed by atoms with E-state index in [1.807, 2.05) is 12.3 Å². The zero-order valence-corrected chi connectivity index (χ0v) is 39.2. The maximum absolute atomic E-state index is 5.04. The second-order valence-electron chi connectivity index (χ2n) is 19.8. The highest BCUT2D eigenvalue weighted by atomic mass is 15.4. The van der Waals surface area contributed by atoms with Gasteiger partial charge < -0.3 is 14.7 Å². The van der Waals surface area contributed by atoms with Crippen LogP contribution in [0.4, 0.5) is 57.0 Å². The van der Waals surface area contributed by atoms with Crippen molar-refractivity contribution in [2.24, 2.45) is 0 Å². The van der Waals surface area contributed by atoms with Crippen molar-refractivity contribution in [3.8, 4) is 33.4 Å². The molecule has 11 rings (SSSR count). The summed E-state index contributed by atoms with van der Waals surface area (Å²) in [4.78, 5) is 14.8. The number of hydrogen-bond donors (Lipinski definition) is 0. The molecule has 0 unspecified atom stereocenters. The Morgan fingerprint density at radius 3 is 1.75 bits per heavy atom. The monoisotopic (exact) mass is 869 g/mol. The Bertz CT molecular complexity index is 3260. The van der Waals surface area contributed by atoms with Gasteiger partial charge in [0.05, 0.1) is 22.7 Å². The highest BCUT2D eigenvalue weighted by Gasteiger charge is 2.33. The average Bonchev–Trinajstić information content (AvgIpc) is 3.69. The highest BCUT2D eigenvalue weighted by molar-refractivity contribution is 6.04. The lowest BCUT2D eigenvalue weighted by atomic mass is 9.85. The number of nitrogens with zero attached hydrogens (tertiary/aromatic N) is 5. The van der Waals surface area contributed by atoms with Crippen LogP contribution in [0.25, 0.3) is 33.4 Å². The Labute approximate surface area is 395 Å². The lowest BCUT2D eigenvalue weighted by Gasteiger charge is -2.32. The van der Waals surface area contributed by atoms with Crippen molar-refractivity contribution in [2.45, 2.75) is 52.4 Å². The van der Waals surface area contributed by atoms with Gasteiger partial charge in [-0.25, -0.2) is 4.98 Å². The van der Waals surface area contributed by atoms with Crippen LogP contribution < -0.4 is 19.6 Å². The molecule has 0 radical (unpaired) electrons. The molecule has 0 bridgehead atoms. The summed E-state index contributed by atoms with van der Waals surface area (Å²) in [5.41, 5.74) is 19.6. The molecular weight excluding hydrogens is 815 g/mol. The number of para-hydroxylation sites is 4. The predicted octanol–water partition coefficient (Wildman–Crippen LogP) is 17.2. The van der Waals surface area contributed by atoms with Gasteiger partial charge in [0.1, 0.15) is 12.5 Å². The molecular formula is C62H55N5. The van der Waals surface area contributed by atoms with Gasteiger partial charge in [0.15, 0.2) is 0 Å². The van der Waals surface area contributed by atoms with Gasteiger partial charge in [-0.15, -0.1) is 0 Å². The van der Waals surface area contributed by atoms with Crippen molar-refractivity contribution in [2.75, 3.05) is 26.3 Å². The second-order valence-corrected chi connectivity index (χ2v) is 19.8. The van der Waals surface area contributed by atoms with E-state index in [1.54, 1.807) is 0 Å². The first-order valence-electron chi connectivity index (χ1n) is 23.4. The first-order valence-corrected chi connectivity index (χ1v) is 23.4. The van der Waals surface area contributed by atoms with Crippen LogP contribution in [-0.2, 0) is 10.8 Å². The summed E-state index contributed by atoms with van der Waals surface area (Å²) in [6.07, 6.45) is 1.89. The van der Waals surface area contributed by atoms with E-state index in [-0.39, 0.29) is 10.8 Å². The molecule has 1 aromatic heterocycles. The Balaban J connectivity index is 1.11. The number of aromatic nitrogens is 1. The van der Waals surface area contributed by atoms with E-state index >= 15 is 0 Å². The highest BCUT2D eigenvalue weighted by Crippen LogP contribution is 2.54. The first-order chi connectivity index (χ1) is 32.5. The van der Waals surface area contributed by atoms with Crippen molar-refractivity contribution in [3.05, 3.63) is 224 Å². The molecule has 8 aromatic carbocycles. The fourth-order valence-electron chi connectivity index (χ4n) is 9.97. The van der Waals surface area contributed by atoms with Crippen LogP contribution in [0, 0.1) is 0 Å². The van der Waals surface area contributed by atoms with Gasteiger partial charge >= 0.3 is 0 Å². The van der Waals surface area contributed by atoms with Crippen LogP contribution in [-0.4, -0.2) is 11.7 Å². The minimum Gasteiger partial charge on any atom is -0.321 e. The summed E-state index contributed by atoms with van der Waals surface area (Å²) in [5.74, 6) is 0.857. The minimum absolute atomic E-state index is 0.0240. The molecule has 0 saturated heterocycles. The molecule has 3 heterocycles. The maximum atomic E-state index is 5.04. The largest absolute Gasteiger partial charge is 0.321 e. The molecule has 67 heavy (non-hydrogen) atoms. The Morgan fingerprint density at radius 2 is 1.04 bits per heavy atom. The van der Waals surface area contributed by atoms with Gasteiger partial charge in [-0.2, -0.15) is 0 Å². The predicted molar refractivity (Wildman–Crippen MR) is 283 cm³/mol. The summed E-state index contributed by atoms with van der Waals surface area (Å²) in [6, 6.07) is 75.3. The minimum atomic E-state index is -0.138. The van der Waals surface area contributed by atoms with E-state index in [2.05, 4.69) is 261 Å². The van der Waals surface area contributed by atoms with Crippen molar-refractivity contribution in [1.29, 1.82) is 0 Å². The van der Waals surface area contributed by atoms with Crippen molar-refractivity contribution >= 4 is 57.0 Å². The van der Waals surface area contributed by atoms with Crippen molar-refractivity contribution in [1.82, 2.24) is 4.98 Å². The van der Waals surface area contributed by atoms with Crippen LogP contribution in [0.5, 0.6) is 0 Å². The smallest absolute Gasteiger partial charge is 0.137 e. The number of rotatable bonds is 7. The third kappa shape index (κ3) is 7.60. The molecule has 5 heteroatoms. The molecule has 0 saturated carbocycles. The molecule has 0 amide bonds. The molecule has 0 aliphatic carbocycles. The van der Waals surface area contributed by atoms with E-state index in [4.69, 9.17) is 4.98 Å². The average molecular weight is 870 g/mol. The molecule has 2 aliphatic rings. The molecule has 0 spiro atoms. The lowest BCUT2D eigenvalue weighted by Crippen LogP contribution is -2.27. The summed E-state index contributed by atoms with van der Waals surface area (Å²) in [5, 5.41) is 0. The van der Waals surface area contributed by atoms with Crippen LogP contribution in [0.2, 0.25) is 0 Å². The van der Waals surface area contributed by atoms with Crippen molar-refractivity contribution in [3.63, 3.8) is 0 Å². The standard InChI is InChI=1S/C62H55N5/c1-61(2,3)45-38-48(64-42-65(58-30-18-17-29-57(58)64)56-28-16-15-27-54(56)62(4,5)6)40-49(39-45)66(46-23-11-8-12-24-46)47-33-34-52-50-25-13-14-26-51(50)53-37-44(43-21-9-7-10-22-43)32-35-55(53)67(59(52)41-47)60-31-19-20-36-63-60/h7-41H,42H2,1-6H3. The van der Waals surface area contributed by atoms with E-state index in [0.29, 0.717) is 6.67 Å². The summed E-state index contributed by atoms with van der Waals surface area (Å²) < 4.78 is 0. The quantitative estimate of drug-likeness (QED) is 0.159. The number of hydrogen-bond acceptors (Lipinski definition) is 5. The third-order valence-electron chi connectivity index (χ3n) is 13.3. The van der Waals surface area contributed by atoms with Crippen LogP contribution in [0.3, 0.4) is 0 Å². The Morgan fingerprint density at radius 1 is 0.403 bits per heavy atom. The normalized spacial score (nSPS) is 13.1. The number of fused-ring (bicyclic) bond motifs is 6. The summed E-state index contributed by atoms with van der Waals surface area (Å²) in [7, 11) is 0. The number of pyridine rings is 1. The molecule has 2 aliphatic heterocycles. The number of anilines is 10. The van der Waals surface area contributed by atoms with Crippen LogP contribution in [0.1, 0.15) is 52.7 Å². The molecule has 9 aromatic rings. The summed E-state index contributed by atoms with van der Waals surface area (Å²) in [6.45, 7) is 14.6. The molecule has 0 atom stereocenters. The molecule has 5 nitrogen and oxygen atoms in total. The second kappa shape index (κ2) is 16.5. The Hall–Kier alpha value is -7.89. The fourth-order valence-corrected chi connectivity index (χ4v) is 9.97. The van der Waals surface area contributed by atoms with Crippen LogP contribution >= 0.6 is 0 Å². The topological polar surface area (TPSA) is 25.9 Å². The Kier molecular flexibility index (Phi) is 10.3. The van der Waals surface area contributed by atoms with Gasteiger partial charge in [-0.3, -0.25) is 4.90 Å². The van der Waals surface area contributed by atoms with Gasteiger partial charge in [0, 0.05) is 45.8 Å². The molecule has 0 fully saturated rings. The SMILES string of the molecule is CC(C)(C)c1cc(N2CN(c3ccccc3C(C)(C)C)c3ccccc32)cc(N(c2ccccc2)c2ccc3c(c2)N(c2ccccn2)c2ccc(-c4ccccc4)cc2-c2ccccc2-3)c1. The van der Waals surface area contributed by atoms with Gasteiger partial charge in [0.2, 0.25) is 0 Å². The van der Waals surface area contributed by atoms with Gasteiger partial charge in [-0.1, -0.05) is 163 Å². The first kappa shape index (κ1) is 41.8.